The molecule has 0 saturated heterocycles. The number of aryl methyl sites for hydroxylation is 2. The number of phenolic OH excluding ortho intramolecular Hbond substituents is 1. The predicted molar refractivity (Wildman–Crippen MR) is 94.4 cm³/mol. The van der Waals surface area contributed by atoms with Gasteiger partial charge in [-0.25, -0.2) is 15.4 Å². The molecule has 0 atom stereocenters. The number of anilines is 2. The molecule has 6 nitrogen and oxygen atoms in total. The molecule has 2 aromatic rings. The molecule has 0 aliphatic carbocycles. The van der Waals surface area contributed by atoms with Crippen LogP contribution in [-0.2, 0) is 0 Å². The van der Waals surface area contributed by atoms with Gasteiger partial charge in [0.25, 0.3) is 0 Å². The Hall–Kier alpha value is -2.63. The van der Waals surface area contributed by atoms with Gasteiger partial charge in [-0.3, -0.25) is 0 Å². The summed E-state index contributed by atoms with van der Waals surface area (Å²) in [6.07, 6.45) is 1.56. The molecule has 0 aliphatic heterocycles. The summed E-state index contributed by atoms with van der Waals surface area (Å²) < 4.78 is 0. The van der Waals surface area contributed by atoms with Crippen LogP contribution in [-0.4, -0.2) is 34.4 Å². The molecule has 0 aliphatic rings. The summed E-state index contributed by atoms with van der Waals surface area (Å²) >= 11 is 0. The highest BCUT2D eigenvalue weighted by Gasteiger charge is 2.05. The van der Waals surface area contributed by atoms with Crippen LogP contribution in [0, 0.1) is 13.8 Å². The molecule has 2 rings (SSSR count). The van der Waals surface area contributed by atoms with Crippen LogP contribution in [0.3, 0.4) is 0 Å². The summed E-state index contributed by atoms with van der Waals surface area (Å²) in [5, 5.41) is 14.2. The number of nitrogens with zero attached hydrogens (tertiary/aromatic N) is 4. The van der Waals surface area contributed by atoms with Crippen molar-refractivity contribution < 1.29 is 5.11 Å². The molecule has 1 heterocycles. The number of rotatable bonds is 6. The van der Waals surface area contributed by atoms with Gasteiger partial charge in [-0.1, -0.05) is 0 Å². The molecule has 0 radical (unpaired) electrons. The topological polar surface area (TPSA) is 73.6 Å². The fourth-order valence-electron chi connectivity index (χ4n) is 2.36. The molecule has 23 heavy (non-hydrogen) atoms. The third-order valence-corrected chi connectivity index (χ3v) is 3.49. The van der Waals surface area contributed by atoms with Gasteiger partial charge in [0.15, 0.2) is 0 Å². The van der Waals surface area contributed by atoms with Crippen molar-refractivity contribution in [1.29, 1.82) is 0 Å². The van der Waals surface area contributed by atoms with Crippen LogP contribution in [0.25, 0.3) is 0 Å². The average Bonchev–Trinajstić information content (AvgIpc) is 2.49. The molecular formula is C17H23N5O. The maximum Gasteiger partial charge on any atom is 0.243 e. The quantitative estimate of drug-likeness (QED) is 0.633. The van der Waals surface area contributed by atoms with E-state index in [4.69, 9.17) is 0 Å². The second kappa shape index (κ2) is 7.58. The molecule has 0 saturated carbocycles. The average molecular weight is 313 g/mol. The maximum absolute atomic E-state index is 10.1. The summed E-state index contributed by atoms with van der Waals surface area (Å²) in [6, 6.07) is 7.46. The Bertz CT molecular complexity index is 675. The van der Waals surface area contributed by atoms with Crippen LogP contribution in [0.5, 0.6) is 5.75 Å². The smallest absolute Gasteiger partial charge is 0.243 e. The van der Waals surface area contributed by atoms with Gasteiger partial charge in [0.2, 0.25) is 5.95 Å². The normalized spacial score (nSPS) is 11.0. The molecule has 0 fully saturated rings. The van der Waals surface area contributed by atoms with Gasteiger partial charge in [0, 0.05) is 41.8 Å². The highest BCUT2D eigenvalue weighted by Crippen LogP contribution is 2.23. The van der Waals surface area contributed by atoms with E-state index in [0.29, 0.717) is 11.5 Å². The number of nitrogens with one attached hydrogen (secondary N) is 1. The second-order valence-electron chi connectivity index (χ2n) is 5.26. The van der Waals surface area contributed by atoms with Crippen LogP contribution in [0.15, 0.2) is 29.4 Å². The highest BCUT2D eigenvalue weighted by atomic mass is 16.3. The van der Waals surface area contributed by atoms with Crippen molar-refractivity contribution in [2.45, 2.75) is 27.7 Å². The number of hydrazone groups is 1. The Morgan fingerprint density at radius 3 is 2.35 bits per heavy atom. The van der Waals surface area contributed by atoms with Crippen molar-refractivity contribution in [3.05, 3.63) is 41.2 Å². The molecule has 0 bridgehead atoms. The van der Waals surface area contributed by atoms with Gasteiger partial charge in [-0.05, 0) is 45.9 Å². The number of benzene rings is 1. The molecule has 122 valence electrons. The minimum absolute atomic E-state index is 0.196. The van der Waals surface area contributed by atoms with E-state index in [2.05, 4.69) is 39.2 Å². The molecule has 1 aromatic carbocycles. The fourth-order valence-corrected chi connectivity index (χ4v) is 2.36. The van der Waals surface area contributed by atoms with E-state index in [1.807, 2.05) is 32.0 Å². The number of phenols is 1. The zero-order chi connectivity index (χ0) is 16.8. The predicted octanol–water partition coefficient (Wildman–Crippen LogP) is 3.09. The Morgan fingerprint density at radius 1 is 1.13 bits per heavy atom. The van der Waals surface area contributed by atoms with Crippen molar-refractivity contribution in [3.63, 3.8) is 0 Å². The Kier molecular flexibility index (Phi) is 5.51. The number of aromatic nitrogens is 2. The molecule has 6 heteroatoms. The molecule has 0 spiro atoms. The summed E-state index contributed by atoms with van der Waals surface area (Å²) in [6.45, 7) is 9.78. The lowest BCUT2D eigenvalue weighted by Gasteiger charge is -2.21. The van der Waals surface area contributed by atoms with Crippen molar-refractivity contribution in [2.24, 2.45) is 5.10 Å². The number of hydrogen-bond donors (Lipinski definition) is 2. The monoisotopic (exact) mass is 313 g/mol. The van der Waals surface area contributed by atoms with Gasteiger partial charge in [0.1, 0.15) is 5.75 Å². The van der Waals surface area contributed by atoms with Crippen molar-refractivity contribution >= 4 is 17.9 Å². The van der Waals surface area contributed by atoms with Gasteiger partial charge < -0.3 is 10.0 Å². The van der Waals surface area contributed by atoms with Crippen molar-refractivity contribution in [2.75, 3.05) is 23.4 Å². The molecule has 0 unspecified atom stereocenters. The zero-order valence-corrected chi connectivity index (χ0v) is 14.0. The van der Waals surface area contributed by atoms with E-state index in [1.165, 1.54) is 0 Å². The molecular weight excluding hydrogens is 290 g/mol. The van der Waals surface area contributed by atoms with Gasteiger partial charge in [0.05, 0.1) is 6.21 Å². The number of aromatic hydroxyl groups is 1. The lowest BCUT2D eigenvalue weighted by Crippen LogP contribution is -2.21. The van der Waals surface area contributed by atoms with E-state index < -0.39 is 0 Å². The summed E-state index contributed by atoms with van der Waals surface area (Å²) in [4.78, 5) is 10.7. The Labute approximate surface area is 136 Å². The van der Waals surface area contributed by atoms with Crippen LogP contribution in [0.1, 0.15) is 30.8 Å². The zero-order valence-electron chi connectivity index (χ0n) is 14.0. The molecule has 1 aromatic heterocycles. The molecule has 0 amide bonds. The lowest BCUT2D eigenvalue weighted by atomic mass is 10.2. The first-order valence-electron chi connectivity index (χ1n) is 7.72. The minimum Gasteiger partial charge on any atom is -0.507 e. The first-order chi connectivity index (χ1) is 11.0. The summed E-state index contributed by atoms with van der Waals surface area (Å²) in [7, 11) is 0. The third-order valence-electron chi connectivity index (χ3n) is 3.49. The third kappa shape index (κ3) is 4.42. The Balaban J connectivity index is 2.10. The van der Waals surface area contributed by atoms with E-state index in [9.17, 15) is 5.11 Å². The SMILES string of the molecule is CCN(CC)c1ccc(/C=N/Nc2nc(C)cc(C)n2)c(O)c1. The van der Waals surface area contributed by atoms with Crippen LogP contribution >= 0.6 is 0 Å². The lowest BCUT2D eigenvalue weighted by molar-refractivity contribution is 0.474. The fraction of sp³-hybridized carbons (Fsp3) is 0.353. The van der Waals surface area contributed by atoms with Gasteiger partial charge in [-0.2, -0.15) is 5.10 Å². The summed E-state index contributed by atoms with van der Waals surface area (Å²) in [5.41, 5.74) is 6.17. The van der Waals surface area contributed by atoms with E-state index >= 15 is 0 Å². The first-order valence-corrected chi connectivity index (χ1v) is 7.72. The van der Waals surface area contributed by atoms with E-state index in [0.717, 1.165) is 30.2 Å². The maximum atomic E-state index is 10.1. The van der Waals surface area contributed by atoms with Crippen LogP contribution in [0.2, 0.25) is 0 Å². The van der Waals surface area contributed by atoms with Gasteiger partial charge >= 0.3 is 0 Å². The van der Waals surface area contributed by atoms with E-state index in [1.54, 1.807) is 12.3 Å². The Morgan fingerprint density at radius 2 is 1.78 bits per heavy atom. The minimum atomic E-state index is 0.196. The van der Waals surface area contributed by atoms with Crippen LogP contribution < -0.4 is 10.3 Å². The standard InChI is InChI=1S/C17H23N5O/c1-5-22(6-2)15-8-7-14(16(23)10-15)11-18-21-17-19-12(3)9-13(4)20-17/h7-11,23H,5-6H2,1-4H3,(H,19,20,21)/b18-11+. The molecule has 2 N–H and O–H groups in total. The highest BCUT2D eigenvalue weighted by molar-refractivity contribution is 5.84. The van der Waals surface area contributed by atoms with Crippen molar-refractivity contribution in [3.8, 4) is 5.75 Å². The van der Waals surface area contributed by atoms with Gasteiger partial charge in [-0.15, -0.1) is 0 Å². The largest absolute Gasteiger partial charge is 0.507 e. The van der Waals surface area contributed by atoms with Crippen LogP contribution in [0.4, 0.5) is 11.6 Å². The van der Waals surface area contributed by atoms with Crippen molar-refractivity contribution in [1.82, 2.24) is 9.97 Å². The second-order valence-corrected chi connectivity index (χ2v) is 5.26. The van der Waals surface area contributed by atoms with E-state index in [-0.39, 0.29) is 5.75 Å². The summed E-state index contributed by atoms with van der Waals surface area (Å²) in [5.74, 6) is 0.638. The number of hydrogen-bond acceptors (Lipinski definition) is 6. The first kappa shape index (κ1) is 16.7.